The average molecular weight is 229 g/mol. The van der Waals surface area contributed by atoms with Crippen molar-refractivity contribution < 1.29 is 9.13 Å². The van der Waals surface area contributed by atoms with Crippen molar-refractivity contribution in [2.75, 3.05) is 6.61 Å². The van der Waals surface area contributed by atoms with Gasteiger partial charge in [0, 0.05) is 5.56 Å². The number of ether oxygens (including phenoxy) is 1. The lowest BCUT2D eigenvalue weighted by molar-refractivity contribution is 0.179. The molecular formula is C12H14ClFO. The van der Waals surface area contributed by atoms with E-state index in [2.05, 4.69) is 0 Å². The summed E-state index contributed by atoms with van der Waals surface area (Å²) in [4.78, 5) is 0. The van der Waals surface area contributed by atoms with Crippen LogP contribution >= 0.6 is 11.6 Å². The Bertz CT molecular complexity index is 336. The molecule has 0 unspecified atom stereocenters. The number of rotatable bonds is 4. The van der Waals surface area contributed by atoms with Gasteiger partial charge in [-0.25, -0.2) is 4.39 Å². The summed E-state index contributed by atoms with van der Waals surface area (Å²) in [5, 5.41) is 0. The second kappa shape index (κ2) is 4.84. The fourth-order valence-electron chi connectivity index (χ4n) is 1.66. The van der Waals surface area contributed by atoms with Gasteiger partial charge in [-0.2, -0.15) is 0 Å². The fourth-order valence-corrected chi connectivity index (χ4v) is 1.87. The summed E-state index contributed by atoms with van der Waals surface area (Å²) >= 11 is 5.72. The Kier molecular flexibility index (Phi) is 3.47. The number of hydrogen-bond donors (Lipinski definition) is 0. The molecule has 1 saturated carbocycles. The van der Waals surface area contributed by atoms with Crippen LogP contribution in [0, 0.1) is 11.7 Å². The van der Waals surface area contributed by atoms with Crippen LogP contribution in [0.3, 0.4) is 0 Å². The maximum absolute atomic E-state index is 12.9. The Morgan fingerprint density at radius 1 is 1.40 bits per heavy atom. The fraction of sp³-hybridized carbons (Fsp3) is 0.500. The third-order valence-electron chi connectivity index (χ3n) is 2.87. The summed E-state index contributed by atoms with van der Waals surface area (Å²) in [6.07, 6.45) is 3.80. The van der Waals surface area contributed by atoms with Crippen LogP contribution in [0.2, 0.25) is 0 Å². The van der Waals surface area contributed by atoms with E-state index in [1.807, 2.05) is 0 Å². The minimum atomic E-state index is -0.262. The smallest absolute Gasteiger partial charge is 0.123 e. The molecule has 1 nitrogen and oxygen atoms in total. The molecular weight excluding hydrogens is 215 g/mol. The third-order valence-corrected chi connectivity index (χ3v) is 3.15. The Balaban J connectivity index is 1.99. The molecule has 1 fully saturated rings. The van der Waals surface area contributed by atoms with Crippen molar-refractivity contribution in [3.05, 3.63) is 29.6 Å². The zero-order valence-corrected chi connectivity index (χ0v) is 9.27. The highest BCUT2D eigenvalue weighted by molar-refractivity contribution is 6.17. The van der Waals surface area contributed by atoms with E-state index in [0.29, 0.717) is 5.92 Å². The monoisotopic (exact) mass is 228 g/mol. The second-order valence-electron chi connectivity index (χ2n) is 3.99. The van der Waals surface area contributed by atoms with Gasteiger partial charge in [0.1, 0.15) is 11.6 Å². The van der Waals surface area contributed by atoms with Crippen LogP contribution < -0.4 is 4.74 Å². The molecule has 1 aliphatic carbocycles. The molecule has 0 N–H and O–H groups in total. The van der Waals surface area contributed by atoms with Gasteiger partial charge in [0.05, 0.1) is 12.5 Å². The number of hydrogen-bond acceptors (Lipinski definition) is 1. The van der Waals surface area contributed by atoms with E-state index in [1.165, 1.54) is 31.4 Å². The van der Waals surface area contributed by atoms with E-state index in [9.17, 15) is 4.39 Å². The molecule has 2 rings (SSSR count). The SMILES string of the molecule is Fc1ccc(OCC2CCC2)c(CCl)c1. The van der Waals surface area contributed by atoms with Gasteiger partial charge in [-0.05, 0) is 37.0 Å². The van der Waals surface area contributed by atoms with Crippen molar-refractivity contribution in [2.45, 2.75) is 25.1 Å². The lowest BCUT2D eigenvalue weighted by Gasteiger charge is -2.25. The summed E-state index contributed by atoms with van der Waals surface area (Å²) in [6.45, 7) is 0.732. The molecule has 0 radical (unpaired) electrons. The quantitative estimate of drug-likeness (QED) is 0.714. The van der Waals surface area contributed by atoms with E-state index in [-0.39, 0.29) is 11.7 Å². The molecule has 0 heterocycles. The number of halogens is 2. The largest absolute Gasteiger partial charge is 0.493 e. The highest BCUT2D eigenvalue weighted by atomic mass is 35.5. The van der Waals surface area contributed by atoms with Gasteiger partial charge in [-0.15, -0.1) is 11.6 Å². The summed E-state index contributed by atoms with van der Waals surface area (Å²) in [5.41, 5.74) is 0.732. The molecule has 15 heavy (non-hydrogen) atoms. The zero-order valence-electron chi connectivity index (χ0n) is 8.51. The lowest BCUT2D eigenvalue weighted by atomic mass is 9.86. The van der Waals surface area contributed by atoms with Crippen LogP contribution in [0.25, 0.3) is 0 Å². The van der Waals surface area contributed by atoms with Crippen LogP contribution in [-0.4, -0.2) is 6.61 Å². The van der Waals surface area contributed by atoms with Crippen molar-refractivity contribution in [3.63, 3.8) is 0 Å². The van der Waals surface area contributed by atoms with Crippen molar-refractivity contribution in [1.29, 1.82) is 0 Å². The molecule has 0 aliphatic heterocycles. The molecule has 1 aromatic rings. The molecule has 0 saturated heterocycles. The summed E-state index contributed by atoms with van der Waals surface area (Å²) in [5.74, 6) is 1.43. The predicted molar refractivity (Wildman–Crippen MR) is 58.8 cm³/mol. The number of benzene rings is 1. The molecule has 82 valence electrons. The first-order valence-electron chi connectivity index (χ1n) is 5.27. The van der Waals surface area contributed by atoms with Crippen molar-refractivity contribution in [2.24, 2.45) is 5.92 Å². The van der Waals surface area contributed by atoms with Gasteiger partial charge < -0.3 is 4.74 Å². The first-order valence-corrected chi connectivity index (χ1v) is 5.80. The van der Waals surface area contributed by atoms with Crippen LogP contribution in [0.15, 0.2) is 18.2 Å². The van der Waals surface area contributed by atoms with E-state index in [4.69, 9.17) is 16.3 Å². The van der Waals surface area contributed by atoms with Crippen molar-refractivity contribution in [1.82, 2.24) is 0 Å². The molecule has 3 heteroatoms. The van der Waals surface area contributed by atoms with Crippen molar-refractivity contribution in [3.8, 4) is 5.75 Å². The molecule has 1 aromatic carbocycles. The first kappa shape index (κ1) is 10.7. The maximum Gasteiger partial charge on any atom is 0.123 e. The van der Waals surface area contributed by atoms with Gasteiger partial charge in [0.15, 0.2) is 0 Å². The molecule has 0 atom stereocenters. The topological polar surface area (TPSA) is 9.23 Å². The predicted octanol–water partition coefficient (Wildman–Crippen LogP) is 3.74. The Morgan fingerprint density at radius 3 is 2.80 bits per heavy atom. The first-order chi connectivity index (χ1) is 7.29. The highest BCUT2D eigenvalue weighted by Crippen LogP contribution is 2.28. The van der Waals surface area contributed by atoms with E-state index >= 15 is 0 Å². The zero-order chi connectivity index (χ0) is 10.7. The standard InChI is InChI=1S/C12H14ClFO/c13-7-10-6-11(14)4-5-12(10)15-8-9-2-1-3-9/h4-6,9H,1-3,7-8H2. The molecule has 1 aliphatic rings. The van der Waals surface area contributed by atoms with Gasteiger partial charge in [0.25, 0.3) is 0 Å². The molecule has 0 bridgehead atoms. The summed E-state index contributed by atoms with van der Waals surface area (Å²) in [6, 6.07) is 4.50. The Morgan fingerprint density at radius 2 is 2.20 bits per heavy atom. The van der Waals surface area contributed by atoms with Gasteiger partial charge >= 0.3 is 0 Å². The van der Waals surface area contributed by atoms with Gasteiger partial charge in [0.2, 0.25) is 0 Å². The summed E-state index contributed by atoms with van der Waals surface area (Å²) < 4.78 is 18.5. The van der Waals surface area contributed by atoms with E-state index < -0.39 is 0 Å². The molecule has 0 spiro atoms. The van der Waals surface area contributed by atoms with Gasteiger partial charge in [-0.1, -0.05) is 6.42 Å². The molecule has 0 aromatic heterocycles. The van der Waals surface area contributed by atoms with E-state index in [0.717, 1.165) is 17.9 Å². The normalized spacial score (nSPS) is 16.1. The molecule has 0 amide bonds. The third kappa shape index (κ3) is 2.63. The Hall–Kier alpha value is -0.760. The van der Waals surface area contributed by atoms with E-state index in [1.54, 1.807) is 6.07 Å². The van der Waals surface area contributed by atoms with Crippen LogP contribution in [0.1, 0.15) is 24.8 Å². The maximum atomic E-state index is 12.9. The van der Waals surface area contributed by atoms with Crippen molar-refractivity contribution >= 4 is 11.6 Å². The summed E-state index contributed by atoms with van der Waals surface area (Å²) in [7, 11) is 0. The number of alkyl halides is 1. The second-order valence-corrected chi connectivity index (χ2v) is 4.26. The average Bonchev–Trinajstić information content (AvgIpc) is 2.17. The highest BCUT2D eigenvalue weighted by Gasteiger charge is 2.18. The van der Waals surface area contributed by atoms with Gasteiger partial charge in [-0.3, -0.25) is 0 Å². The minimum absolute atomic E-state index is 0.262. The lowest BCUT2D eigenvalue weighted by Crippen LogP contribution is -2.19. The van der Waals surface area contributed by atoms with Crippen LogP contribution in [0.5, 0.6) is 5.75 Å². The van der Waals surface area contributed by atoms with Crippen LogP contribution in [0.4, 0.5) is 4.39 Å². The van der Waals surface area contributed by atoms with Crippen LogP contribution in [-0.2, 0) is 5.88 Å². The minimum Gasteiger partial charge on any atom is -0.493 e. The Labute approximate surface area is 94.2 Å².